The number of ether oxygens (including phenoxy) is 1. The second kappa shape index (κ2) is 8.14. The molecule has 7 heteroatoms. The molecule has 0 aliphatic carbocycles. The average Bonchev–Trinajstić information content (AvgIpc) is 2.43. The van der Waals surface area contributed by atoms with Crippen LogP contribution in [0.25, 0.3) is 0 Å². The van der Waals surface area contributed by atoms with E-state index in [9.17, 15) is 20.1 Å². The third-order valence-corrected chi connectivity index (χ3v) is 3.13. The van der Waals surface area contributed by atoms with Crippen molar-refractivity contribution in [2.24, 2.45) is 5.73 Å². The molecule has 1 rings (SSSR count). The molecule has 0 heterocycles. The molecule has 0 unspecified atom stereocenters. The van der Waals surface area contributed by atoms with Gasteiger partial charge in [0.15, 0.2) is 11.5 Å². The third-order valence-electron chi connectivity index (χ3n) is 3.13. The zero-order valence-corrected chi connectivity index (χ0v) is 13.7. The fourth-order valence-corrected chi connectivity index (χ4v) is 1.89. The molecule has 0 saturated carbocycles. The first-order chi connectivity index (χ1) is 10.6. The van der Waals surface area contributed by atoms with Crippen LogP contribution in [0.15, 0.2) is 18.2 Å². The normalized spacial score (nSPS) is 14.4. The van der Waals surface area contributed by atoms with Crippen LogP contribution in [0.5, 0.6) is 11.5 Å². The fraction of sp³-hybridized carbons (Fsp3) is 0.562. The summed E-state index contributed by atoms with van der Waals surface area (Å²) < 4.78 is 5.56. The van der Waals surface area contributed by atoms with Crippen molar-refractivity contribution >= 4 is 5.97 Å². The Kier molecular flexibility index (Phi) is 6.80. The van der Waals surface area contributed by atoms with Gasteiger partial charge in [0, 0.05) is 12.6 Å². The molecule has 0 bridgehead atoms. The van der Waals surface area contributed by atoms with Crippen molar-refractivity contribution in [2.75, 3.05) is 13.2 Å². The molecular formula is C16H26N2O5. The first-order valence-electron chi connectivity index (χ1n) is 7.45. The Morgan fingerprint density at radius 3 is 2.48 bits per heavy atom. The highest BCUT2D eigenvalue weighted by atomic mass is 16.5. The molecule has 130 valence electrons. The van der Waals surface area contributed by atoms with Gasteiger partial charge in [-0.2, -0.15) is 0 Å². The minimum absolute atomic E-state index is 0.163. The quantitative estimate of drug-likeness (QED) is 0.448. The Hall–Kier alpha value is -1.83. The van der Waals surface area contributed by atoms with Crippen molar-refractivity contribution < 1.29 is 24.9 Å². The Balaban J connectivity index is 2.55. The van der Waals surface area contributed by atoms with E-state index in [-0.39, 0.29) is 36.1 Å². The number of carbonyl (C=O) groups is 1. The van der Waals surface area contributed by atoms with Crippen LogP contribution in [0.4, 0.5) is 0 Å². The van der Waals surface area contributed by atoms with Crippen molar-refractivity contribution in [3.05, 3.63) is 23.8 Å². The van der Waals surface area contributed by atoms with E-state index in [4.69, 9.17) is 10.5 Å². The predicted molar refractivity (Wildman–Crippen MR) is 86.6 cm³/mol. The van der Waals surface area contributed by atoms with Crippen LogP contribution in [0.2, 0.25) is 0 Å². The zero-order valence-electron chi connectivity index (χ0n) is 13.7. The van der Waals surface area contributed by atoms with Crippen molar-refractivity contribution in [3.8, 4) is 11.5 Å². The predicted octanol–water partition coefficient (Wildman–Crippen LogP) is 0.826. The van der Waals surface area contributed by atoms with Crippen LogP contribution in [0.1, 0.15) is 26.3 Å². The van der Waals surface area contributed by atoms with Crippen LogP contribution in [0, 0.1) is 0 Å². The molecule has 0 aromatic heterocycles. The SMILES string of the molecule is CC(C)(C)OC[C@@H](N)CN[C@@H](Cc1ccc(O)c(O)c1)C(=O)O. The van der Waals surface area contributed by atoms with Gasteiger partial charge in [-0.3, -0.25) is 4.79 Å². The lowest BCUT2D eigenvalue weighted by atomic mass is 10.0. The monoisotopic (exact) mass is 326 g/mol. The molecule has 0 saturated heterocycles. The lowest BCUT2D eigenvalue weighted by molar-refractivity contribution is -0.139. The van der Waals surface area contributed by atoms with Crippen molar-refractivity contribution in [1.29, 1.82) is 0 Å². The number of nitrogens with one attached hydrogen (secondary N) is 1. The summed E-state index contributed by atoms with van der Waals surface area (Å²) in [6.45, 7) is 6.37. The second-order valence-corrected chi connectivity index (χ2v) is 6.51. The Labute approximate surface area is 136 Å². The smallest absolute Gasteiger partial charge is 0.321 e. The molecule has 0 aliphatic rings. The largest absolute Gasteiger partial charge is 0.504 e. The maximum Gasteiger partial charge on any atom is 0.321 e. The number of phenols is 2. The number of carboxylic acids is 1. The maximum atomic E-state index is 11.3. The maximum absolute atomic E-state index is 11.3. The summed E-state index contributed by atoms with van der Waals surface area (Å²) in [5.74, 6) is -1.53. The van der Waals surface area contributed by atoms with Gasteiger partial charge in [-0.1, -0.05) is 6.07 Å². The minimum atomic E-state index is -1.01. The summed E-state index contributed by atoms with van der Waals surface area (Å²) in [7, 11) is 0. The van der Waals surface area contributed by atoms with Gasteiger partial charge in [0.05, 0.1) is 12.2 Å². The van der Waals surface area contributed by atoms with E-state index in [1.54, 1.807) is 6.07 Å². The summed E-state index contributed by atoms with van der Waals surface area (Å²) in [6, 6.07) is 3.06. The molecule has 0 amide bonds. The molecule has 6 N–H and O–H groups in total. The molecule has 0 radical (unpaired) electrons. The summed E-state index contributed by atoms with van der Waals surface area (Å²) in [6.07, 6.45) is 0.163. The van der Waals surface area contributed by atoms with Crippen LogP contribution in [0.3, 0.4) is 0 Å². The Morgan fingerprint density at radius 1 is 1.30 bits per heavy atom. The molecule has 7 nitrogen and oxygen atoms in total. The Morgan fingerprint density at radius 2 is 1.96 bits per heavy atom. The standard InChI is InChI=1S/C16H26N2O5/c1-16(2,3)23-9-11(17)8-18-12(15(21)22)6-10-4-5-13(19)14(20)7-10/h4-5,7,11-12,18-20H,6,8-9,17H2,1-3H3,(H,21,22)/t11-,12-/m0/s1. The fourth-order valence-electron chi connectivity index (χ4n) is 1.89. The highest BCUT2D eigenvalue weighted by Gasteiger charge is 2.20. The van der Waals surface area contributed by atoms with Gasteiger partial charge in [-0.15, -0.1) is 0 Å². The number of rotatable bonds is 8. The number of aromatic hydroxyl groups is 2. The summed E-state index contributed by atoms with van der Waals surface area (Å²) in [5, 5.41) is 30.9. The van der Waals surface area contributed by atoms with E-state index < -0.39 is 12.0 Å². The van der Waals surface area contributed by atoms with Gasteiger partial charge in [0.2, 0.25) is 0 Å². The van der Waals surface area contributed by atoms with E-state index in [1.165, 1.54) is 12.1 Å². The van der Waals surface area contributed by atoms with E-state index >= 15 is 0 Å². The molecule has 23 heavy (non-hydrogen) atoms. The van der Waals surface area contributed by atoms with Gasteiger partial charge in [0.25, 0.3) is 0 Å². The Bertz CT molecular complexity index is 528. The number of nitrogens with two attached hydrogens (primary N) is 1. The lowest BCUT2D eigenvalue weighted by Gasteiger charge is -2.23. The van der Waals surface area contributed by atoms with Crippen LogP contribution in [-0.4, -0.2) is 52.1 Å². The summed E-state index contributed by atoms with van der Waals surface area (Å²) in [4.78, 5) is 11.3. The van der Waals surface area contributed by atoms with Crippen LogP contribution in [-0.2, 0) is 16.0 Å². The molecule has 1 aromatic carbocycles. The molecular weight excluding hydrogens is 300 g/mol. The topological polar surface area (TPSA) is 125 Å². The summed E-state index contributed by atoms with van der Waals surface area (Å²) in [5.41, 5.74) is 6.21. The van der Waals surface area contributed by atoms with Gasteiger partial charge in [-0.05, 0) is 44.9 Å². The van der Waals surface area contributed by atoms with Crippen molar-refractivity contribution in [3.63, 3.8) is 0 Å². The number of phenolic OH excluding ortho intramolecular Hbond substituents is 2. The number of hydrogen-bond acceptors (Lipinski definition) is 6. The van der Waals surface area contributed by atoms with E-state index in [0.29, 0.717) is 12.2 Å². The van der Waals surface area contributed by atoms with Gasteiger partial charge in [0.1, 0.15) is 6.04 Å². The first-order valence-corrected chi connectivity index (χ1v) is 7.45. The van der Waals surface area contributed by atoms with E-state index in [0.717, 1.165) is 0 Å². The molecule has 1 aromatic rings. The lowest BCUT2D eigenvalue weighted by Crippen LogP contribution is -2.47. The first kappa shape index (κ1) is 19.2. The zero-order chi connectivity index (χ0) is 17.6. The number of carboxylic acid groups (broad SMARTS) is 1. The number of aliphatic carboxylic acids is 1. The molecule has 2 atom stereocenters. The third kappa shape index (κ3) is 7.32. The second-order valence-electron chi connectivity index (χ2n) is 6.51. The van der Waals surface area contributed by atoms with Crippen molar-refractivity contribution in [1.82, 2.24) is 5.32 Å². The number of benzene rings is 1. The van der Waals surface area contributed by atoms with Gasteiger partial charge in [-0.25, -0.2) is 0 Å². The number of hydrogen-bond donors (Lipinski definition) is 5. The summed E-state index contributed by atoms with van der Waals surface area (Å²) >= 11 is 0. The molecule has 0 fully saturated rings. The van der Waals surface area contributed by atoms with Crippen LogP contribution >= 0.6 is 0 Å². The highest BCUT2D eigenvalue weighted by Crippen LogP contribution is 2.25. The molecule has 0 aliphatic heterocycles. The minimum Gasteiger partial charge on any atom is -0.504 e. The average molecular weight is 326 g/mol. The van der Waals surface area contributed by atoms with Crippen LogP contribution < -0.4 is 11.1 Å². The van der Waals surface area contributed by atoms with E-state index in [1.807, 2.05) is 20.8 Å². The van der Waals surface area contributed by atoms with Gasteiger partial charge >= 0.3 is 5.97 Å². The highest BCUT2D eigenvalue weighted by molar-refractivity contribution is 5.74. The van der Waals surface area contributed by atoms with E-state index in [2.05, 4.69) is 5.32 Å². The van der Waals surface area contributed by atoms with Gasteiger partial charge < -0.3 is 31.1 Å². The molecule has 0 spiro atoms. The van der Waals surface area contributed by atoms with Crippen molar-refractivity contribution in [2.45, 2.75) is 44.9 Å².